The Morgan fingerprint density at radius 1 is 1.45 bits per heavy atom. The smallest absolute Gasteiger partial charge is 0.276 e. The maximum absolute atomic E-state index is 12.4. The largest absolute Gasteiger partial charge is 0.461 e. The van der Waals surface area contributed by atoms with E-state index in [0.29, 0.717) is 24.5 Å². The van der Waals surface area contributed by atoms with E-state index >= 15 is 0 Å². The lowest BCUT2D eigenvalue weighted by atomic mass is 10.2. The molecule has 108 valence electrons. The number of hydrogen-bond donors (Lipinski definition) is 1. The molecule has 0 spiro atoms. The third-order valence-electron chi connectivity index (χ3n) is 2.93. The molecule has 0 atom stereocenters. The van der Waals surface area contributed by atoms with E-state index in [1.165, 1.54) is 6.26 Å². The van der Waals surface area contributed by atoms with E-state index in [2.05, 4.69) is 5.16 Å². The Kier molecular flexibility index (Phi) is 4.57. The van der Waals surface area contributed by atoms with Crippen molar-refractivity contribution in [2.24, 2.45) is 0 Å². The van der Waals surface area contributed by atoms with Gasteiger partial charge >= 0.3 is 0 Å². The van der Waals surface area contributed by atoms with Crippen molar-refractivity contribution in [1.29, 1.82) is 0 Å². The average molecular weight is 278 g/mol. The van der Waals surface area contributed by atoms with Gasteiger partial charge in [-0.15, -0.1) is 0 Å². The third-order valence-corrected chi connectivity index (χ3v) is 2.93. The molecule has 2 aromatic rings. The predicted octanol–water partition coefficient (Wildman–Crippen LogP) is 2.17. The van der Waals surface area contributed by atoms with Crippen molar-refractivity contribution in [1.82, 2.24) is 10.1 Å². The quantitative estimate of drug-likeness (QED) is 0.876. The van der Waals surface area contributed by atoms with Gasteiger partial charge in [0.15, 0.2) is 11.5 Å². The average Bonchev–Trinajstić information content (AvgIpc) is 3.09. The molecule has 0 aromatic carbocycles. The van der Waals surface area contributed by atoms with Gasteiger partial charge in [-0.25, -0.2) is 0 Å². The molecule has 6 nitrogen and oxygen atoms in total. The molecule has 0 saturated carbocycles. The van der Waals surface area contributed by atoms with E-state index < -0.39 is 0 Å². The van der Waals surface area contributed by atoms with Crippen LogP contribution in [-0.4, -0.2) is 40.3 Å². The summed E-state index contributed by atoms with van der Waals surface area (Å²) in [7, 11) is 0. The second-order valence-corrected chi connectivity index (χ2v) is 4.72. The van der Waals surface area contributed by atoms with Gasteiger partial charge in [-0.1, -0.05) is 5.16 Å². The van der Waals surface area contributed by atoms with Crippen LogP contribution in [0.4, 0.5) is 0 Å². The molecule has 0 aliphatic heterocycles. The van der Waals surface area contributed by atoms with E-state index in [1.54, 1.807) is 23.1 Å². The first-order valence-electron chi connectivity index (χ1n) is 6.56. The number of carbonyl (C=O) groups excluding carboxylic acids is 1. The second-order valence-electron chi connectivity index (χ2n) is 4.72. The first-order chi connectivity index (χ1) is 9.63. The van der Waals surface area contributed by atoms with Gasteiger partial charge in [-0.2, -0.15) is 0 Å². The van der Waals surface area contributed by atoms with Crippen LogP contribution in [0, 0.1) is 0 Å². The number of amides is 1. The minimum Gasteiger partial charge on any atom is -0.461 e. The van der Waals surface area contributed by atoms with Crippen LogP contribution in [0.3, 0.4) is 0 Å². The van der Waals surface area contributed by atoms with Crippen molar-refractivity contribution in [3.05, 3.63) is 30.2 Å². The maximum atomic E-state index is 12.4. The number of aromatic nitrogens is 1. The van der Waals surface area contributed by atoms with Crippen LogP contribution >= 0.6 is 0 Å². The van der Waals surface area contributed by atoms with Crippen molar-refractivity contribution in [3.63, 3.8) is 0 Å². The van der Waals surface area contributed by atoms with E-state index in [-0.39, 0.29) is 24.2 Å². The van der Waals surface area contributed by atoms with Gasteiger partial charge < -0.3 is 18.9 Å². The first-order valence-corrected chi connectivity index (χ1v) is 6.56. The lowest BCUT2D eigenvalue weighted by Gasteiger charge is -2.25. The summed E-state index contributed by atoms with van der Waals surface area (Å²) in [4.78, 5) is 14.0. The number of carbonyl (C=O) groups is 1. The summed E-state index contributed by atoms with van der Waals surface area (Å²) in [5, 5.41) is 12.7. The van der Waals surface area contributed by atoms with Crippen molar-refractivity contribution in [3.8, 4) is 11.5 Å². The monoisotopic (exact) mass is 278 g/mol. The maximum Gasteiger partial charge on any atom is 0.276 e. The van der Waals surface area contributed by atoms with Gasteiger partial charge in [0.25, 0.3) is 5.91 Å². The van der Waals surface area contributed by atoms with E-state index in [1.807, 2.05) is 13.8 Å². The molecule has 1 amide bonds. The Bertz CT molecular complexity index is 545. The Morgan fingerprint density at radius 2 is 2.25 bits per heavy atom. The SMILES string of the molecule is CC(C)N(CCCO)C(=O)c1cc(-c2ccco2)on1. The molecule has 2 aromatic heterocycles. The molecule has 0 bridgehead atoms. The molecule has 2 rings (SSSR count). The number of aliphatic hydroxyl groups excluding tert-OH is 1. The third kappa shape index (κ3) is 3.08. The topological polar surface area (TPSA) is 79.7 Å². The molecule has 20 heavy (non-hydrogen) atoms. The van der Waals surface area contributed by atoms with Crippen molar-refractivity contribution >= 4 is 5.91 Å². The van der Waals surface area contributed by atoms with Crippen LogP contribution in [0.2, 0.25) is 0 Å². The molecular weight excluding hydrogens is 260 g/mol. The minimum atomic E-state index is -0.213. The molecule has 2 heterocycles. The summed E-state index contributed by atoms with van der Waals surface area (Å²) >= 11 is 0. The van der Waals surface area contributed by atoms with Gasteiger partial charge in [0.2, 0.25) is 5.76 Å². The normalized spacial score (nSPS) is 11.0. The van der Waals surface area contributed by atoms with Crippen LogP contribution < -0.4 is 0 Å². The van der Waals surface area contributed by atoms with Gasteiger partial charge in [0, 0.05) is 25.3 Å². The summed E-state index contributed by atoms with van der Waals surface area (Å²) in [6.07, 6.45) is 2.06. The van der Waals surface area contributed by atoms with Crippen LogP contribution in [0.15, 0.2) is 33.4 Å². The molecule has 0 aliphatic rings. The zero-order valence-corrected chi connectivity index (χ0v) is 11.6. The van der Waals surface area contributed by atoms with Gasteiger partial charge in [-0.3, -0.25) is 4.79 Å². The molecule has 1 N–H and O–H groups in total. The van der Waals surface area contributed by atoms with Crippen LogP contribution in [0.25, 0.3) is 11.5 Å². The van der Waals surface area contributed by atoms with E-state index in [0.717, 1.165) is 0 Å². The Hall–Kier alpha value is -2.08. The fraction of sp³-hybridized carbons (Fsp3) is 0.429. The van der Waals surface area contributed by atoms with E-state index in [9.17, 15) is 4.79 Å². The van der Waals surface area contributed by atoms with Gasteiger partial charge in [-0.05, 0) is 32.4 Å². The summed E-state index contributed by atoms with van der Waals surface area (Å²) in [5.74, 6) is 0.738. The lowest BCUT2D eigenvalue weighted by Crippen LogP contribution is -2.38. The Morgan fingerprint density at radius 3 is 2.85 bits per heavy atom. The van der Waals surface area contributed by atoms with Crippen molar-refractivity contribution < 1.29 is 18.8 Å². The molecule has 0 radical (unpaired) electrons. The highest BCUT2D eigenvalue weighted by Crippen LogP contribution is 2.21. The molecule has 6 heteroatoms. The second kappa shape index (κ2) is 6.38. The zero-order valence-electron chi connectivity index (χ0n) is 11.6. The molecule has 0 unspecified atom stereocenters. The van der Waals surface area contributed by atoms with Gasteiger partial charge in [0.05, 0.1) is 6.26 Å². The van der Waals surface area contributed by atoms with Crippen LogP contribution in [-0.2, 0) is 0 Å². The summed E-state index contributed by atoms with van der Waals surface area (Å²) in [6.45, 7) is 4.37. The summed E-state index contributed by atoms with van der Waals surface area (Å²) < 4.78 is 10.3. The molecule has 0 saturated heterocycles. The zero-order chi connectivity index (χ0) is 14.5. The highest BCUT2D eigenvalue weighted by molar-refractivity contribution is 5.93. The fourth-order valence-corrected chi connectivity index (χ4v) is 1.89. The summed E-state index contributed by atoms with van der Waals surface area (Å²) in [5.41, 5.74) is 0.239. The first kappa shape index (κ1) is 14.3. The standard InChI is InChI=1S/C14H18N2O4/c1-10(2)16(6-4-7-17)14(18)11-9-13(20-15-11)12-5-3-8-19-12/h3,5,8-10,17H,4,6-7H2,1-2H3. The molecular formula is C14H18N2O4. The number of nitrogens with zero attached hydrogens (tertiary/aromatic N) is 2. The van der Waals surface area contributed by atoms with Crippen LogP contribution in [0.1, 0.15) is 30.8 Å². The van der Waals surface area contributed by atoms with E-state index in [4.69, 9.17) is 14.0 Å². The Balaban J connectivity index is 2.15. The highest BCUT2D eigenvalue weighted by atomic mass is 16.5. The fourth-order valence-electron chi connectivity index (χ4n) is 1.89. The number of hydrogen-bond acceptors (Lipinski definition) is 5. The number of aliphatic hydroxyl groups is 1. The molecule has 0 aliphatic carbocycles. The lowest BCUT2D eigenvalue weighted by molar-refractivity contribution is 0.0682. The van der Waals surface area contributed by atoms with Crippen molar-refractivity contribution in [2.75, 3.05) is 13.2 Å². The predicted molar refractivity (Wildman–Crippen MR) is 72.1 cm³/mol. The molecule has 0 fully saturated rings. The van der Waals surface area contributed by atoms with Crippen LogP contribution in [0.5, 0.6) is 0 Å². The number of rotatable bonds is 6. The number of furan rings is 1. The summed E-state index contributed by atoms with van der Waals surface area (Å²) in [6, 6.07) is 5.06. The highest BCUT2D eigenvalue weighted by Gasteiger charge is 2.22. The Labute approximate surface area is 117 Å². The van der Waals surface area contributed by atoms with Crippen molar-refractivity contribution in [2.45, 2.75) is 26.3 Å². The minimum absolute atomic E-state index is 0.0258. The van der Waals surface area contributed by atoms with Gasteiger partial charge in [0.1, 0.15) is 0 Å².